The Hall–Kier alpha value is -7.63. The van der Waals surface area contributed by atoms with Gasteiger partial charge in [0.1, 0.15) is 5.58 Å². The Morgan fingerprint density at radius 1 is 0.529 bits per heavy atom. The number of furan rings is 1. The number of hydrogen-bond donors (Lipinski definition) is 0. The summed E-state index contributed by atoms with van der Waals surface area (Å²) in [6, 6.07) is 74.5. The van der Waals surface area contributed by atoms with Gasteiger partial charge < -0.3 is 13.6 Å². The monoisotopic (exact) mass is 1090 g/mol. The average Bonchev–Trinajstić information content (AvgIpc) is 4.08. The summed E-state index contributed by atoms with van der Waals surface area (Å²) in [4.78, 5) is 5.30. The summed E-state index contributed by atoms with van der Waals surface area (Å²) in [6.07, 6.45) is 3.51. The van der Waals surface area contributed by atoms with Crippen LogP contribution in [0.4, 0.5) is 0 Å². The summed E-state index contributed by atoms with van der Waals surface area (Å²) >= 11 is 0. The molecule has 0 amide bonds. The van der Waals surface area contributed by atoms with Gasteiger partial charge in [0.25, 0.3) is 6.33 Å². The van der Waals surface area contributed by atoms with Crippen LogP contribution in [0.3, 0.4) is 0 Å². The Morgan fingerprint density at radius 2 is 1.16 bits per heavy atom. The average molecular weight is 1090 g/mol. The summed E-state index contributed by atoms with van der Waals surface area (Å²) < 4.78 is 13.3. The number of para-hydroxylation sites is 6. The number of benzene rings is 9. The summed E-state index contributed by atoms with van der Waals surface area (Å²) in [7, 11) is 0. The Kier molecular flexibility index (Phi) is 12.8. The van der Waals surface area contributed by atoms with Crippen molar-refractivity contribution < 1.29 is 29.1 Å². The van der Waals surface area contributed by atoms with Crippen molar-refractivity contribution in [3.8, 4) is 50.7 Å². The molecule has 0 atom stereocenters. The molecule has 0 unspecified atom stereocenters. The van der Waals surface area contributed by atoms with Crippen LogP contribution in [-0.4, -0.2) is 14.1 Å². The molecule has 6 heteroatoms. The van der Waals surface area contributed by atoms with Crippen LogP contribution in [0.25, 0.3) is 94.7 Å². The Balaban J connectivity index is 0.000000198. The number of aryl methyl sites for hydroxylation is 2. The molecule has 0 aliphatic rings. The molecule has 0 saturated heterocycles. The molecule has 12 rings (SSSR count). The molecule has 70 heavy (non-hydrogen) atoms. The molecule has 0 aliphatic heterocycles. The Morgan fingerprint density at radius 3 is 1.83 bits per heavy atom. The zero-order chi connectivity index (χ0) is 47.2. The van der Waals surface area contributed by atoms with Crippen LogP contribution in [0.1, 0.15) is 61.8 Å². The predicted molar refractivity (Wildman–Crippen MR) is 284 cm³/mol. The molecule has 3 heterocycles. The topological polar surface area (TPSA) is 39.8 Å². The molecule has 0 fully saturated rings. The van der Waals surface area contributed by atoms with Gasteiger partial charge in [-0.3, -0.25) is 9.55 Å². The first-order chi connectivity index (χ1) is 33.7. The van der Waals surface area contributed by atoms with E-state index in [0.29, 0.717) is 0 Å². The minimum Gasteiger partial charge on any atom is -0.501 e. The molecule has 0 N–H and O–H groups in total. The first-order valence-corrected chi connectivity index (χ1v) is 23.9. The molecule has 9 aromatic carbocycles. The van der Waals surface area contributed by atoms with Crippen molar-refractivity contribution in [2.45, 2.75) is 53.4 Å². The van der Waals surface area contributed by atoms with E-state index in [-0.39, 0.29) is 31.9 Å². The van der Waals surface area contributed by atoms with E-state index >= 15 is 0 Å². The molecule has 12 aromatic rings. The van der Waals surface area contributed by atoms with Crippen LogP contribution in [0.15, 0.2) is 199 Å². The second-order valence-corrected chi connectivity index (χ2v) is 18.5. The van der Waals surface area contributed by atoms with Gasteiger partial charge in [-0.05, 0) is 106 Å². The Labute approximate surface area is 423 Å². The third-order valence-corrected chi connectivity index (χ3v) is 13.2. The molecular weight excluding hydrogens is 1030 g/mol. The fraction of sp³-hybridized carbons (Fsp3) is 0.125. The fourth-order valence-corrected chi connectivity index (χ4v) is 9.84. The zero-order valence-electron chi connectivity index (χ0n) is 40.2. The van der Waals surface area contributed by atoms with Gasteiger partial charge in [0.15, 0.2) is 0 Å². The van der Waals surface area contributed by atoms with Crippen molar-refractivity contribution in [3.05, 3.63) is 235 Å². The van der Waals surface area contributed by atoms with Crippen molar-refractivity contribution in [1.29, 1.82) is 0 Å². The maximum absolute atomic E-state index is 6.73. The number of imidazole rings is 2. The molecule has 342 valence electrons. The summed E-state index contributed by atoms with van der Waals surface area (Å²) in [5.41, 5.74) is 20.0. The van der Waals surface area contributed by atoms with Crippen LogP contribution in [0.5, 0.6) is 0 Å². The van der Waals surface area contributed by atoms with Gasteiger partial charge in [0.2, 0.25) is 0 Å². The molecule has 0 bridgehead atoms. The molecular formula is C64H52IrN4O+. The minimum absolute atomic E-state index is 0. The van der Waals surface area contributed by atoms with Crippen molar-refractivity contribution in [2.24, 2.45) is 0 Å². The molecule has 0 saturated carbocycles. The van der Waals surface area contributed by atoms with E-state index in [9.17, 15) is 0 Å². The largest absolute Gasteiger partial charge is 3.00 e. The number of hydrogen-bond acceptors (Lipinski definition) is 2. The normalized spacial score (nSPS) is 11.4. The molecule has 3 aromatic heterocycles. The molecule has 5 nitrogen and oxygen atoms in total. The van der Waals surface area contributed by atoms with Crippen molar-refractivity contribution in [2.75, 3.05) is 0 Å². The van der Waals surface area contributed by atoms with Gasteiger partial charge in [-0.15, -0.1) is 18.2 Å². The van der Waals surface area contributed by atoms with Crippen LogP contribution < -0.4 is 4.57 Å². The van der Waals surface area contributed by atoms with Crippen molar-refractivity contribution in [1.82, 2.24) is 14.1 Å². The van der Waals surface area contributed by atoms with E-state index in [1.54, 1.807) is 0 Å². The summed E-state index contributed by atoms with van der Waals surface area (Å²) in [5, 5.41) is 2.15. The van der Waals surface area contributed by atoms with Crippen LogP contribution in [0.2, 0.25) is 0 Å². The van der Waals surface area contributed by atoms with Gasteiger partial charge in [-0.2, -0.15) is 30.3 Å². The maximum atomic E-state index is 6.73. The van der Waals surface area contributed by atoms with E-state index in [4.69, 9.17) is 9.40 Å². The number of rotatable bonds is 8. The maximum Gasteiger partial charge on any atom is 3.00 e. The van der Waals surface area contributed by atoms with Gasteiger partial charge in [-0.1, -0.05) is 166 Å². The first kappa shape index (κ1) is 46.1. The predicted octanol–water partition coefficient (Wildman–Crippen LogP) is 16.1. The van der Waals surface area contributed by atoms with E-state index in [2.05, 4.69) is 237 Å². The second kappa shape index (κ2) is 19.4. The van der Waals surface area contributed by atoms with Gasteiger partial charge in [0.05, 0.1) is 39.2 Å². The molecule has 0 spiro atoms. The quantitative estimate of drug-likeness (QED) is 0.112. The van der Waals surface area contributed by atoms with E-state index in [0.717, 1.165) is 66.6 Å². The van der Waals surface area contributed by atoms with Crippen molar-refractivity contribution in [3.63, 3.8) is 0 Å². The van der Waals surface area contributed by atoms with Gasteiger partial charge in [0, 0.05) is 11.1 Å². The first-order valence-electron chi connectivity index (χ1n) is 23.9. The molecule has 0 aliphatic carbocycles. The van der Waals surface area contributed by atoms with Crippen LogP contribution >= 0.6 is 0 Å². The number of aromatic nitrogens is 4. The van der Waals surface area contributed by atoms with Crippen LogP contribution in [0, 0.1) is 32.3 Å². The van der Waals surface area contributed by atoms with E-state index in [1.807, 2.05) is 30.3 Å². The summed E-state index contributed by atoms with van der Waals surface area (Å²) in [5.74, 6) is 1.41. The standard InChI is InChI=1S/C43H35N2O.C21H17N2.Ir/c1-27(2)36-24-32(30-16-9-6-10-17-30)25-37(28(3)4)41(36)45-39-21-12-11-20-38(39)44-43(45)35-19-13-18-34-33-23-22-31(26-40(33)46-42(34)35)29-14-7-5-8-15-29;1-16-9-8-10-17(2)21(16)23-15-22(18-11-4-3-5-12-18)19-13-6-7-14-20(19)23;/h5-18,20-28H,1-4H3;3-11,13-14H,1-2H3;/q2*-1;+3. The van der Waals surface area contributed by atoms with E-state index < -0.39 is 0 Å². The third kappa shape index (κ3) is 8.38. The SMILES string of the molecule is CC(C)c1cc(-c2ccccc2)cc(C(C)C)c1-n1c(-c2[c-]ccc3c2oc2cc(-c4ccccc4)ccc23)nc2ccccc21.Cc1cccc(C)c1-n1[c-][n+](-c2[c-]cccc2)c2ccccc21.[Ir+3]. The number of nitrogens with zero attached hydrogens (tertiary/aromatic N) is 4. The number of fused-ring (bicyclic) bond motifs is 5. The fourth-order valence-electron chi connectivity index (χ4n) is 9.84. The van der Waals surface area contributed by atoms with Gasteiger partial charge >= 0.3 is 20.1 Å². The van der Waals surface area contributed by atoms with Crippen LogP contribution in [-0.2, 0) is 20.1 Å². The smallest absolute Gasteiger partial charge is 0.501 e. The van der Waals surface area contributed by atoms with E-state index in [1.165, 1.54) is 50.3 Å². The summed E-state index contributed by atoms with van der Waals surface area (Å²) in [6.45, 7) is 13.4. The van der Waals surface area contributed by atoms with Gasteiger partial charge in [-0.25, -0.2) is 0 Å². The third-order valence-electron chi connectivity index (χ3n) is 13.2. The molecule has 0 radical (unpaired) electrons. The minimum atomic E-state index is 0. The zero-order valence-corrected chi connectivity index (χ0v) is 42.6. The van der Waals surface area contributed by atoms with Crippen molar-refractivity contribution >= 4 is 44.0 Å². The Bertz CT molecular complexity index is 3760. The second-order valence-electron chi connectivity index (χ2n) is 18.5.